The van der Waals surface area contributed by atoms with Crippen LogP contribution in [0.25, 0.3) is 0 Å². The van der Waals surface area contributed by atoms with Crippen LogP contribution in [0.15, 0.2) is 23.2 Å². The maximum Gasteiger partial charge on any atom is 0.442 e. The van der Waals surface area contributed by atoms with Gasteiger partial charge < -0.3 is 5.11 Å². The van der Waals surface area contributed by atoms with E-state index in [9.17, 15) is 23.1 Å². The number of nitrogens with one attached hydrogen (secondary N) is 1. The highest BCUT2D eigenvalue weighted by Gasteiger charge is 2.61. The number of thiophene rings is 1. The SMILES string of the molecule is CC1=CC(O)(C(F)(F)F)N(C(=O)c2csc(C)c2)N1. The number of allylic oxidation sites excluding steroid dienone is 1. The Morgan fingerprint density at radius 2 is 2.11 bits per heavy atom. The number of hydrogen-bond acceptors (Lipinski definition) is 4. The molecule has 0 aromatic carbocycles. The highest BCUT2D eigenvalue weighted by Crippen LogP contribution is 2.38. The Hall–Kier alpha value is -1.54. The predicted molar refractivity (Wildman–Crippen MR) is 63.1 cm³/mol. The Morgan fingerprint density at radius 3 is 2.58 bits per heavy atom. The lowest BCUT2D eigenvalue weighted by atomic mass is 10.1. The van der Waals surface area contributed by atoms with Crippen LogP contribution in [-0.4, -0.2) is 27.9 Å². The van der Waals surface area contributed by atoms with Crippen molar-refractivity contribution in [2.75, 3.05) is 0 Å². The molecule has 2 rings (SSSR count). The summed E-state index contributed by atoms with van der Waals surface area (Å²) in [6, 6.07) is 1.47. The second kappa shape index (κ2) is 4.24. The summed E-state index contributed by atoms with van der Waals surface area (Å²) in [4.78, 5) is 12.8. The summed E-state index contributed by atoms with van der Waals surface area (Å²) >= 11 is 1.24. The van der Waals surface area contributed by atoms with Crippen LogP contribution in [-0.2, 0) is 0 Å². The molecule has 0 saturated carbocycles. The quantitative estimate of drug-likeness (QED) is 0.834. The molecule has 0 saturated heterocycles. The third kappa shape index (κ3) is 2.21. The van der Waals surface area contributed by atoms with Crippen LogP contribution in [0, 0.1) is 6.92 Å². The fourth-order valence-electron chi connectivity index (χ4n) is 1.76. The summed E-state index contributed by atoms with van der Waals surface area (Å²) in [6.07, 6.45) is -4.41. The number of halogens is 3. The molecule has 2 N–H and O–H groups in total. The van der Waals surface area contributed by atoms with Crippen molar-refractivity contribution in [1.82, 2.24) is 10.4 Å². The van der Waals surface area contributed by atoms with Gasteiger partial charge >= 0.3 is 6.18 Å². The summed E-state index contributed by atoms with van der Waals surface area (Å²) in [5.74, 6) is -0.933. The molecule has 2 heterocycles. The van der Waals surface area contributed by atoms with Crippen LogP contribution >= 0.6 is 11.3 Å². The predicted octanol–water partition coefficient (Wildman–Crippen LogP) is 2.17. The number of carbonyl (C=O) groups excluding carboxylic acids is 1. The van der Waals surface area contributed by atoms with Crippen molar-refractivity contribution in [3.05, 3.63) is 33.7 Å². The molecular formula is C11H11F3N2O2S. The van der Waals surface area contributed by atoms with Crippen molar-refractivity contribution < 1.29 is 23.1 Å². The zero-order valence-corrected chi connectivity index (χ0v) is 10.9. The molecule has 4 nitrogen and oxygen atoms in total. The third-order valence-corrected chi connectivity index (χ3v) is 3.51. The Balaban J connectivity index is 2.37. The Labute approximate surface area is 111 Å². The molecule has 0 radical (unpaired) electrons. The topological polar surface area (TPSA) is 52.6 Å². The van der Waals surface area contributed by atoms with Gasteiger partial charge in [0.05, 0.1) is 5.56 Å². The van der Waals surface area contributed by atoms with E-state index in [2.05, 4.69) is 5.43 Å². The molecule has 1 aromatic heterocycles. The molecule has 0 bridgehead atoms. The van der Waals surface area contributed by atoms with Crippen molar-refractivity contribution in [2.24, 2.45) is 0 Å². The van der Waals surface area contributed by atoms with E-state index in [-0.39, 0.29) is 16.3 Å². The van der Waals surface area contributed by atoms with E-state index in [1.807, 2.05) is 0 Å². The minimum absolute atomic E-state index is 0.0557. The molecule has 1 atom stereocenters. The number of hydrazine groups is 1. The van der Waals surface area contributed by atoms with Gasteiger partial charge in [0, 0.05) is 16.0 Å². The van der Waals surface area contributed by atoms with Crippen LogP contribution < -0.4 is 5.43 Å². The average molecular weight is 292 g/mol. The summed E-state index contributed by atoms with van der Waals surface area (Å²) in [5.41, 5.74) is -0.938. The standard InChI is InChI=1S/C11H11F3N2O2S/c1-6-4-10(18,11(12,13)14)16(15-6)9(17)8-3-7(2)19-5-8/h3-5,15,18H,1-2H3. The molecule has 0 aliphatic carbocycles. The van der Waals surface area contributed by atoms with E-state index >= 15 is 0 Å². The van der Waals surface area contributed by atoms with Gasteiger partial charge in [-0.15, -0.1) is 11.3 Å². The monoisotopic (exact) mass is 292 g/mol. The summed E-state index contributed by atoms with van der Waals surface area (Å²) in [5, 5.41) is 11.4. The number of carbonyl (C=O) groups is 1. The van der Waals surface area contributed by atoms with E-state index in [0.29, 0.717) is 6.08 Å². The minimum atomic E-state index is -4.99. The molecule has 104 valence electrons. The van der Waals surface area contributed by atoms with Gasteiger partial charge in [-0.25, -0.2) is 5.01 Å². The molecule has 19 heavy (non-hydrogen) atoms. The van der Waals surface area contributed by atoms with Gasteiger partial charge in [0.2, 0.25) is 0 Å². The van der Waals surface area contributed by atoms with Gasteiger partial charge in [-0.3, -0.25) is 10.2 Å². The van der Waals surface area contributed by atoms with E-state index in [1.165, 1.54) is 29.7 Å². The van der Waals surface area contributed by atoms with Gasteiger partial charge in [0.25, 0.3) is 11.6 Å². The van der Waals surface area contributed by atoms with Gasteiger partial charge in [-0.05, 0) is 26.0 Å². The molecule has 0 spiro atoms. The molecule has 1 unspecified atom stereocenters. The number of rotatable bonds is 1. The maximum absolute atomic E-state index is 12.9. The van der Waals surface area contributed by atoms with Crippen LogP contribution in [0.2, 0.25) is 0 Å². The molecule has 1 aliphatic rings. The van der Waals surface area contributed by atoms with E-state index in [1.54, 1.807) is 6.92 Å². The first-order valence-electron chi connectivity index (χ1n) is 5.30. The van der Waals surface area contributed by atoms with Crippen LogP contribution in [0.3, 0.4) is 0 Å². The smallest absolute Gasteiger partial charge is 0.359 e. The molecule has 0 fully saturated rings. The van der Waals surface area contributed by atoms with Crippen LogP contribution in [0.5, 0.6) is 0 Å². The van der Waals surface area contributed by atoms with E-state index in [0.717, 1.165) is 4.88 Å². The van der Waals surface area contributed by atoms with Crippen LogP contribution in [0.1, 0.15) is 22.2 Å². The third-order valence-electron chi connectivity index (χ3n) is 2.64. The molecule has 1 amide bonds. The second-order valence-electron chi connectivity index (χ2n) is 4.25. The molecule has 8 heteroatoms. The van der Waals surface area contributed by atoms with Crippen molar-refractivity contribution >= 4 is 17.2 Å². The number of amides is 1. The summed E-state index contributed by atoms with van der Waals surface area (Å²) < 4.78 is 38.8. The van der Waals surface area contributed by atoms with Crippen LogP contribution in [0.4, 0.5) is 13.2 Å². The zero-order chi connectivity index (χ0) is 14.4. The average Bonchev–Trinajstić information content (AvgIpc) is 2.81. The van der Waals surface area contributed by atoms with Gasteiger partial charge in [0.1, 0.15) is 0 Å². The highest BCUT2D eigenvalue weighted by atomic mass is 32.1. The van der Waals surface area contributed by atoms with E-state index < -0.39 is 17.8 Å². The number of hydrogen-bond donors (Lipinski definition) is 2. The van der Waals surface area contributed by atoms with Crippen molar-refractivity contribution in [2.45, 2.75) is 25.7 Å². The van der Waals surface area contributed by atoms with E-state index in [4.69, 9.17) is 0 Å². The lowest BCUT2D eigenvalue weighted by Crippen LogP contribution is -2.60. The first-order valence-corrected chi connectivity index (χ1v) is 6.18. The van der Waals surface area contributed by atoms with Crippen molar-refractivity contribution in [3.63, 3.8) is 0 Å². The van der Waals surface area contributed by atoms with Gasteiger partial charge in [-0.1, -0.05) is 0 Å². The number of aliphatic hydroxyl groups is 1. The fourth-order valence-corrected chi connectivity index (χ4v) is 2.44. The number of alkyl halides is 3. The van der Waals surface area contributed by atoms with Crippen molar-refractivity contribution in [3.8, 4) is 0 Å². The second-order valence-corrected chi connectivity index (χ2v) is 5.37. The largest absolute Gasteiger partial charge is 0.442 e. The number of aryl methyl sites for hydroxylation is 1. The molecule has 1 aromatic rings. The minimum Gasteiger partial charge on any atom is -0.359 e. The number of nitrogens with zero attached hydrogens (tertiary/aromatic N) is 1. The fraction of sp³-hybridized carbons (Fsp3) is 0.364. The lowest BCUT2D eigenvalue weighted by molar-refractivity contribution is -0.283. The lowest BCUT2D eigenvalue weighted by Gasteiger charge is -2.33. The zero-order valence-electron chi connectivity index (χ0n) is 10.1. The van der Waals surface area contributed by atoms with Gasteiger partial charge in [0.15, 0.2) is 0 Å². The van der Waals surface area contributed by atoms with Gasteiger partial charge in [-0.2, -0.15) is 13.2 Å². The maximum atomic E-state index is 12.9. The highest BCUT2D eigenvalue weighted by molar-refractivity contribution is 7.10. The Kier molecular flexibility index (Phi) is 3.10. The summed E-state index contributed by atoms with van der Waals surface area (Å²) in [7, 11) is 0. The Morgan fingerprint density at radius 1 is 1.47 bits per heavy atom. The van der Waals surface area contributed by atoms with Crippen molar-refractivity contribution in [1.29, 1.82) is 0 Å². The first kappa shape index (κ1) is 13.9. The Bertz CT molecular complexity index is 552. The summed E-state index contributed by atoms with van der Waals surface area (Å²) in [6.45, 7) is 3.07. The normalized spacial score (nSPS) is 23.3. The first-order chi connectivity index (χ1) is 8.65. The molecule has 1 aliphatic heterocycles. The molecular weight excluding hydrogens is 281 g/mol.